The molecule has 66 valence electrons. The maximum absolute atomic E-state index is 5.54. The van der Waals surface area contributed by atoms with Crippen LogP contribution in [0.3, 0.4) is 0 Å². The molecule has 0 amide bonds. The van der Waals surface area contributed by atoms with Crippen molar-refractivity contribution in [3.63, 3.8) is 0 Å². The van der Waals surface area contributed by atoms with Crippen LogP contribution in [0.2, 0.25) is 0 Å². The Morgan fingerprint density at radius 3 is 1.64 bits per heavy atom. The second-order valence-corrected chi connectivity index (χ2v) is 3.73. The van der Waals surface area contributed by atoms with E-state index in [2.05, 4.69) is 27.7 Å². The van der Waals surface area contributed by atoms with E-state index in [0.717, 1.165) is 6.42 Å². The Morgan fingerprint density at radius 1 is 1.09 bits per heavy atom. The molecule has 0 saturated carbocycles. The molecule has 0 heterocycles. The standard InChI is InChI=1S/C9H20N2/c1-6(2)5-8(7(3)4)9(10)11/h6-7H,5,10-11H2,1-4H3. The molecule has 2 heteroatoms. The van der Waals surface area contributed by atoms with Crippen LogP contribution in [0.25, 0.3) is 0 Å². The first-order valence-corrected chi connectivity index (χ1v) is 4.19. The highest BCUT2D eigenvalue weighted by molar-refractivity contribution is 5.10. The van der Waals surface area contributed by atoms with Crippen molar-refractivity contribution in [3.8, 4) is 0 Å². The largest absolute Gasteiger partial charge is 0.386 e. The maximum atomic E-state index is 5.54. The summed E-state index contributed by atoms with van der Waals surface area (Å²) in [5, 5.41) is 0. The SMILES string of the molecule is CC(C)CC(=C(N)N)C(C)C. The van der Waals surface area contributed by atoms with Gasteiger partial charge in [0.15, 0.2) is 0 Å². The molecule has 4 N–H and O–H groups in total. The van der Waals surface area contributed by atoms with Gasteiger partial charge in [-0.05, 0) is 23.8 Å². The van der Waals surface area contributed by atoms with E-state index in [9.17, 15) is 0 Å². The number of allylic oxidation sites excluding steroid dienone is 1. The highest BCUT2D eigenvalue weighted by Crippen LogP contribution is 2.19. The highest BCUT2D eigenvalue weighted by Gasteiger charge is 2.08. The number of nitrogens with two attached hydrogens (primary N) is 2. The summed E-state index contributed by atoms with van der Waals surface area (Å²) >= 11 is 0. The topological polar surface area (TPSA) is 52.0 Å². The van der Waals surface area contributed by atoms with Crippen LogP contribution in [-0.2, 0) is 0 Å². The molecule has 0 fully saturated rings. The molecular formula is C9H20N2. The fourth-order valence-electron chi connectivity index (χ4n) is 1.13. The normalized spacial score (nSPS) is 10.7. The van der Waals surface area contributed by atoms with Crippen molar-refractivity contribution < 1.29 is 0 Å². The smallest absolute Gasteiger partial charge is 0.0928 e. The second-order valence-electron chi connectivity index (χ2n) is 3.73. The Labute approximate surface area is 69.6 Å². The van der Waals surface area contributed by atoms with E-state index in [0.29, 0.717) is 17.7 Å². The zero-order valence-corrected chi connectivity index (χ0v) is 8.02. The molecule has 0 aromatic rings. The minimum absolute atomic E-state index is 0.474. The van der Waals surface area contributed by atoms with E-state index in [-0.39, 0.29) is 0 Å². The van der Waals surface area contributed by atoms with Gasteiger partial charge in [0.1, 0.15) is 0 Å². The van der Waals surface area contributed by atoms with Crippen LogP contribution in [0, 0.1) is 11.8 Å². The third kappa shape index (κ3) is 3.91. The van der Waals surface area contributed by atoms with Crippen molar-refractivity contribution in [1.82, 2.24) is 0 Å². The first-order chi connectivity index (χ1) is 4.95. The minimum atomic E-state index is 0.474. The van der Waals surface area contributed by atoms with Gasteiger partial charge in [0.05, 0.1) is 5.82 Å². The van der Waals surface area contributed by atoms with Gasteiger partial charge in [-0.2, -0.15) is 0 Å². The molecule has 0 unspecified atom stereocenters. The Bertz CT molecular complexity index is 142. The van der Waals surface area contributed by atoms with Crippen LogP contribution in [0.4, 0.5) is 0 Å². The van der Waals surface area contributed by atoms with Gasteiger partial charge in [-0.1, -0.05) is 27.7 Å². The highest BCUT2D eigenvalue weighted by atomic mass is 14.8. The van der Waals surface area contributed by atoms with Crippen molar-refractivity contribution >= 4 is 0 Å². The van der Waals surface area contributed by atoms with Gasteiger partial charge in [0, 0.05) is 0 Å². The lowest BCUT2D eigenvalue weighted by Gasteiger charge is -2.14. The molecule has 0 spiro atoms. The summed E-state index contributed by atoms with van der Waals surface area (Å²) in [6.07, 6.45) is 1.01. The van der Waals surface area contributed by atoms with Gasteiger partial charge in [-0.15, -0.1) is 0 Å². The molecule has 0 atom stereocenters. The number of hydrogen-bond donors (Lipinski definition) is 2. The molecule has 0 radical (unpaired) electrons. The third-order valence-electron chi connectivity index (χ3n) is 1.70. The third-order valence-corrected chi connectivity index (χ3v) is 1.70. The van der Waals surface area contributed by atoms with Crippen LogP contribution >= 0.6 is 0 Å². The van der Waals surface area contributed by atoms with E-state index < -0.39 is 0 Å². The molecule has 0 aromatic heterocycles. The van der Waals surface area contributed by atoms with Crippen molar-refractivity contribution in [3.05, 3.63) is 11.4 Å². The first-order valence-electron chi connectivity index (χ1n) is 4.19. The van der Waals surface area contributed by atoms with Gasteiger partial charge in [0.25, 0.3) is 0 Å². The molecule has 0 rings (SSSR count). The van der Waals surface area contributed by atoms with Crippen molar-refractivity contribution in [2.75, 3.05) is 0 Å². The average molecular weight is 156 g/mol. The molecule has 0 saturated heterocycles. The Kier molecular flexibility index (Phi) is 4.01. The predicted molar refractivity (Wildman–Crippen MR) is 49.7 cm³/mol. The molecule has 11 heavy (non-hydrogen) atoms. The summed E-state index contributed by atoms with van der Waals surface area (Å²) in [5.41, 5.74) is 12.3. The summed E-state index contributed by atoms with van der Waals surface area (Å²) in [6, 6.07) is 0. The average Bonchev–Trinajstić information content (AvgIpc) is 1.81. The minimum Gasteiger partial charge on any atom is -0.386 e. The molecule has 0 aliphatic heterocycles. The fraction of sp³-hybridized carbons (Fsp3) is 0.778. The summed E-state index contributed by atoms with van der Waals surface area (Å²) in [4.78, 5) is 0. The number of hydrogen-bond acceptors (Lipinski definition) is 2. The summed E-state index contributed by atoms with van der Waals surface area (Å²) in [6.45, 7) is 8.59. The van der Waals surface area contributed by atoms with Crippen molar-refractivity contribution in [2.24, 2.45) is 23.3 Å². The van der Waals surface area contributed by atoms with Crippen LogP contribution < -0.4 is 11.5 Å². The molecule has 2 nitrogen and oxygen atoms in total. The molecular weight excluding hydrogens is 136 g/mol. The van der Waals surface area contributed by atoms with Crippen LogP contribution in [0.1, 0.15) is 34.1 Å². The van der Waals surface area contributed by atoms with E-state index in [1.165, 1.54) is 5.57 Å². The first kappa shape index (κ1) is 10.3. The fourth-order valence-corrected chi connectivity index (χ4v) is 1.13. The van der Waals surface area contributed by atoms with Gasteiger partial charge >= 0.3 is 0 Å². The summed E-state index contributed by atoms with van der Waals surface area (Å²) in [5.74, 6) is 1.62. The Hall–Kier alpha value is -0.660. The number of rotatable bonds is 3. The lowest BCUT2D eigenvalue weighted by molar-refractivity contribution is 0.578. The maximum Gasteiger partial charge on any atom is 0.0928 e. The van der Waals surface area contributed by atoms with Crippen LogP contribution in [-0.4, -0.2) is 0 Å². The lowest BCUT2D eigenvalue weighted by atomic mass is 9.94. The van der Waals surface area contributed by atoms with Crippen molar-refractivity contribution in [1.29, 1.82) is 0 Å². The van der Waals surface area contributed by atoms with Crippen LogP contribution in [0.15, 0.2) is 11.4 Å². The van der Waals surface area contributed by atoms with E-state index in [1.54, 1.807) is 0 Å². The van der Waals surface area contributed by atoms with E-state index in [1.807, 2.05) is 0 Å². The lowest BCUT2D eigenvalue weighted by Crippen LogP contribution is -2.16. The van der Waals surface area contributed by atoms with Gasteiger partial charge < -0.3 is 11.5 Å². The molecule has 0 aliphatic rings. The van der Waals surface area contributed by atoms with E-state index in [4.69, 9.17) is 11.5 Å². The Morgan fingerprint density at radius 2 is 1.55 bits per heavy atom. The van der Waals surface area contributed by atoms with E-state index >= 15 is 0 Å². The van der Waals surface area contributed by atoms with Crippen LogP contribution in [0.5, 0.6) is 0 Å². The summed E-state index contributed by atoms with van der Waals surface area (Å²) in [7, 11) is 0. The van der Waals surface area contributed by atoms with Gasteiger partial charge in [-0.3, -0.25) is 0 Å². The zero-order valence-electron chi connectivity index (χ0n) is 8.02. The quantitative estimate of drug-likeness (QED) is 0.655. The van der Waals surface area contributed by atoms with Gasteiger partial charge in [-0.25, -0.2) is 0 Å². The van der Waals surface area contributed by atoms with Gasteiger partial charge in [0.2, 0.25) is 0 Å². The zero-order chi connectivity index (χ0) is 9.02. The molecule has 0 bridgehead atoms. The molecule has 0 aromatic carbocycles. The predicted octanol–water partition coefficient (Wildman–Crippen LogP) is 1.82. The summed E-state index contributed by atoms with van der Waals surface area (Å²) < 4.78 is 0. The Balaban J connectivity index is 4.26. The van der Waals surface area contributed by atoms with Crippen molar-refractivity contribution in [2.45, 2.75) is 34.1 Å². The monoisotopic (exact) mass is 156 g/mol. The molecule has 0 aliphatic carbocycles. The second kappa shape index (κ2) is 4.27.